The summed E-state index contributed by atoms with van der Waals surface area (Å²) in [6.07, 6.45) is 3.46. The fourth-order valence-corrected chi connectivity index (χ4v) is 3.28. The summed E-state index contributed by atoms with van der Waals surface area (Å²) >= 11 is 0. The van der Waals surface area contributed by atoms with Crippen LogP contribution in [0.3, 0.4) is 0 Å². The van der Waals surface area contributed by atoms with Gasteiger partial charge in [-0.25, -0.2) is 0 Å². The van der Waals surface area contributed by atoms with Crippen LogP contribution in [0.1, 0.15) is 24.8 Å². The molecule has 3 rings (SSSR count). The van der Waals surface area contributed by atoms with Crippen LogP contribution < -0.4 is 5.73 Å². The second kappa shape index (κ2) is 5.44. The first-order valence-corrected chi connectivity index (χ1v) is 7.37. The quantitative estimate of drug-likeness (QED) is 0.856. The molecule has 4 heteroatoms. The van der Waals surface area contributed by atoms with Crippen LogP contribution in [0.5, 0.6) is 0 Å². The van der Waals surface area contributed by atoms with E-state index in [2.05, 4.69) is 0 Å². The van der Waals surface area contributed by atoms with Crippen LogP contribution >= 0.6 is 0 Å². The number of benzene rings is 1. The van der Waals surface area contributed by atoms with E-state index in [0.29, 0.717) is 6.42 Å². The minimum absolute atomic E-state index is 0.247. The van der Waals surface area contributed by atoms with E-state index < -0.39 is 0 Å². The molecule has 2 saturated heterocycles. The van der Waals surface area contributed by atoms with Gasteiger partial charge in [-0.15, -0.1) is 0 Å². The molecule has 2 N–H and O–H groups in total. The lowest BCUT2D eigenvalue weighted by molar-refractivity contribution is -0.130. The van der Waals surface area contributed by atoms with Crippen LogP contribution in [-0.2, 0) is 16.0 Å². The Balaban J connectivity index is 1.54. The SMILES string of the molecule is Nc1ccccc1CCC(=O)N1CCC2(CCOC2)C1. The molecule has 1 aromatic carbocycles. The highest BCUT2D eigenvalue weighted by Gasteiger charge is 2.42. The Morgan fingerprint density at radius 1 is 1.35 bits per heavy atom. The zero-order chi connectivity index (χ0) is 14.0. The molecule has 108 valence electrons. The first kappa shape index (κ1) is 13.4. The Labute approximate surface area is 119 Å². The maximum Gasteiger partial charge on any atom is 0.222 e. The van der Waals surface area contributed by atoms with Gasteiger partial charge in [0.1, 0.15) is 0 Å². The first-order chi connectivity index (χ1) is 9.69. The second-order valence-electron chi connectivity index (χ2n) is 6.07. The van der Waals surface area contributed by atoms with E-state index in [1.807, 2.05) is 29.2 Å². The standard InChI is InChI=1S/C16H22N2O2/c17-14-4-2-1-3-13(14)5-6-15(19)18-9-7-16(11-18)8-10-20-12-16/h1-4H,5-12,17H2. The number of nitrogen functional groups attached to an aromatic ring is 1. The topological polar surface area (TPSA) is 55.6 Å². The zero-order valence-corrected chi connectivity index (χ0v) is 11.8. The lowest BCUT2D eigenvalue weighted by atomic mass is 9.87. The van der Waals surface area contributed by atoms with Gasteiger partial charge in [0, 0.05) is 37.2 Å². The van der Waals surface area contributed by atoms with Crippen LogP contribution in [-0.4, -0.2) is 37.1 Å². The van der Waals surface area contributed by atoms with Gasteiger partial charge in [0.15, 0.2) is 0 Å². The number of carbonyl (C=O) groups is 1. The Hall–Kier alpha value is -1.55. The summed E-state index contributed by atoms with van der Waals surface area (Å²) < 4.78 is 5.50. The number of amides is 1. The molecule has 1 atom stereocenters. The predicted molar refractivity (Wildman–Crippen MR) is 78.2 cm³/mol. The average Bonchev–Trinajstić information content (AvgIpc) is 3.08. The van der Waals surface area contributed by atoms with Gasteiger partial charge in [-0.2, -0.15) is 0 Å². The van der Waals surface area contributed by atoms with Crippen molar-refractivity contribution in [3.63, 3.8) is 0 Å². The highest BCUT2D eigenvalue weighted by atomic mass is 16.5. The lowest BCUT2D eigenvalue weighted by Gasteiger charge is -2.22. The Bertz CT molecular complexity index is 495. The number of rotatable bonds is 3. The molecule has 2 aliphatic heterocycles. The number of anilines is 1. The number of para-hydroxylation sites is 1. The molecule has 1 unspecified atom stereocenters. The van der Waals surface area contributed by atoms with E-state index in [4.69, 9.17) is 10.5 Å². The summed E-state index contributed by atoms with van der Waals surface area (Å²) in [6.45, 7) is 3.42. The number of nitrogens with zero attached hydrogens (tertiary/aromatic N) is 1. The normalized spacial score (nSPS) is 25.5. The summed E-state index contributed by atoms with van der Waals surface area (Å²) in [5.41, 5.74) is 8.01. The largest absolute Gasteiger partial charge is 0.399 e. The molecule has 0 bridgehead atoms. The number of nitrogens with two attached hydrogens (primary N) is 1. The Kier molecular flexibility index (Phi) is 3.66. The number of carbonyl (C=O) groups excluding carboxylic acids is 1. The summed E-state index contributed by atoms with van der Waals surface area (Å²) in [6, 6.07) is 7.78. The lowest BCUT2D eigenvalue weighted by Crippen LogP contribution is -2.32. The van der Waals surface area contributed by atoms with Crippen LogP contribution in [0.4, 0.5) is 5.69 Å². The molecular weight excluding hydrogens is 252 g/mol. The molecule has 0 radical (unpaired) electrons. The molecule has 0 saturated carbocycles. The van der Waals surface area contributed by atoms with Gasteiger partial charge in [-0.3, -0.25) is 4.79 Å². The minimum Gasteiger partial charge on any atom is -0.399 e. The van der Waals surface area contributed by atoms with Gasteiger partial charge < -0.3 is 15.4 Å². The van der Waals surface area contributed by atoms with Crippen LogP contribution in [0.25, 0.3) is 0 Å². The van der Waals surface area contributed by atoms with Crippen molar-refractivity contribution in [2.24, 2.45) is 5.41 Å². The van der Waals surface area contributed by atoms with E-state index in [1.165, 1.54) is 0 Å². The summed E-state index contributed by atoms with van der Waals surface area (Å²) in [7, 11) is 0. The second-order valence-corrected chi connectivity index (χ2v) is 6.07. The van der Waals surface area contributed by atoms with Crippen LogP contribution in [0.15, 0.2) is 24.3 Å². The molecule has 2 aliphatic rings. The molecule has 2 fully saturated rings. The third-order valence-electron chi connectivity index (χ3n) is 4.64. The molecule has 1 spiro atoms. The third kappa shape index (κ3) is 2.66. The maximum absolute atomic E-state index is 12.3. The number of hydrogen-bond acceptors (Lipinski definition) is 3. The van der Waals surface area contributed by atoms with Gasteiger partial charge in [0.2, 0.25) is 5.91 Å². The fraction of sp³-hybridized carbons (Fsp3) is 0.562. The molecule has 2 heterocycles. The van der Waals surface area contributed by atoms with Crippen molar-refractivity contribution in [2.45, 2.75) is 25.7 Å². The summed E-state index contributed by atoms with van der Waals surface area (Å²) in [5, 5.41) is 0. The van der Waals surface area contributed by atoms with Crippen molar-refractivity contribution in [3.05, 3.63) is 29.8 Å². The van der Waals surface area contributed by atoms with Crippen LogP contribution in [0.2, 0.25) is 0 Å². The minimum atomic E-state index is 0.247. The number of hydrogen-bond donors (Lipinski definition) is 1. The monoisotopic (exact) mass is 274 g/mol. The summed E-state index contributed by atoms with van der Waals surface area (Å²) in [4.78, 5) is 14.3. The van der Waals surface area contributed by atoms with E-state index in [1.54, 1.807) is 0 Å². The summed E-state index contributed by atoms with van der Waals surface area (Å²) in [5.74, 6) is 0.247. The maximum atomic E-state index is 12.3. The fourth-order valence-electron chi connectivity index (χ4n) is 3.28. The van der Waals surface area contributed by atoms with E-state index in [0.717, 1.165) is 56.8 Å². The smallest absolute Gasteiger partial charge is 0.222 e. The van der Waals surface area contributed by atoms with Gasteiger partial charge in [0.25, 0.3) is 0 Å². The molecule has 20 heavy (non-hydrogen) atoms. The molecule has 1 aromatic rings. The third-order valence-corrected chi connectivity index (χ3v) is 4.64. The Morgan fingerprint density at radius 3 is 2.95 bits per heavy atom. The van der Waals surface area contributed by atoms with Crippen LogP contribution in [0, 0.1) is 5.41 Å². The highest BCUT2D eigenvalue weighted by molar-refractivity contribution is 5.77. The molecule has 1 amide bonds. The van der Waals surface area contributed by atoms with Gasteiger partial charge in [-0.1, -0.05) is 18.2 Å². The van der Waals surface area contributed by atoms with Crippen molar-refractivity contribution in [3.8, 4) is 0 Å². The number of ether oxygens (including phenoxy) is 1. The first-order valence-electron chi connectivity index (χ1n) is 7.37. The molecule has 4 nitrogen and oxygen atoms in total. The van der Waals surface area contributed by atoms with Crippen molar-refractivity contribution < 1.29 is 9.53 Å². The van der Waals surface area contributed by atoms with Gasteiger partial charge >= 0.3 is 0 Å². The molecule has 0 aliphatic carbocycles. The number of likely N-dealkylation sites (tertiary alicyclic amines) is 1. The Morgan fingerprint density at radius 2 is 2.20 bits per heavy atom. The van der Waals surface area contributed by atoms with Crippen molar-refractivity contribution >= 4 is 11.6 Å². The van der Waals surface area contributed by atoms with Crippen molar-refractivity contribution in [2.75, 3.05) is 32.0 Å². The molecular formula is C16H22N2O2. The van der Waals surface area contributed by atoms with E-state index in [9.17, 15) is 4.79 Å². The molecule has 0 aromatic heterocycles. The van der Waals surface area contributed by atoms with Gasteiger partial charge in [-0.05, 0) is 30.9 Å². The van der Waals surface area contributed by atoms with E-state index >= 15 is 0 Å². The zero-order valence-electron chi connectivity index (χ0n) is 11.8. The average molecular weight is 274 g/mol. The van der Waals surface area contributed by atoms with Gasteiger partial charge in [0.05, 0.1) is 6.61 Å². The van der Waals surface area contributed by atoms with Crippen molar-refractivity contribution in [1.29, 1.82) is 0 Å². The van der Waals surface area contributed by atoms with Crippen molar-refractivity contribution in [1.82, 2.24) is 4.90 Å². The number of aryl methyl sites for hydroxylation is 1. The predicted octanol–water partition coefficient (Wildman–Crippen LogP) is 1.84. The highest BCUT2D eigenvalue weighted by Crippen LogP contribution is 2.38. The van der Waals surface area contributed by atoms with E-state index in [-0.39, 0.29) is 11.3 Å².